The van der Waals surface area contributed by atoms with Crippen molar-refractivity contribution < 1.29 is 28.5 Å². The molecule has 1 saturated heterocycles. The first kappa shape index (κ1) is 23.8. The van der Waals surface area contributed by atoms with Crippen LogP contribution in [0.3, 0.4) is 0 Å². The molecule has 2 aromatic rings. The van der Waals surface area contributed by atoms with Gasteiger partial charge >= 0.3 is 0 Å². The second-order valence-corrected chi connectivity index (χ2v) is 7.72. The van der Waals surface area contributed by atoms with Gasteiger partial charge < -0.3 is 29.5 Å². The minimum absolute atomic E-state index is 0.0649. The number of β-amino-alcohol motifs (C(OH)–C–C–N with tert-alkyl or cyclic N) is 1. The van der Waals surface area contributed by atoms with Crippen LogP contribution >= 0.6 is 0 Å². The normalized spacial score (nSPS) is 16.8. The zero-order valence-corrected chi connectivity index (χ0v) is 18.3. The third-order valence-electron chi connectivity index (χ3n) is 5.36. The first-order valence-electron chi connectivity index (χ1n) is 10.9. The van der Waals surface area contributed by atoms with E-state index in [1.165, 1.54) is 12.1 Å². The highest BCUT2D eigenvalue weighted by Crippen LogP contribution is 2.22. The zero-order valence-electron chi connectivity index (χ0n) is 18.3. The molecule has 0 saturated carbocycles. The van der Waals surface area contributed by atoms with Gasteiger partial charge in [0.25, 0.3) is 0 Å². The third-order valence-corrected chi connectivity index (χ3v) is 5.36. The van der Waals surface area contributed by atoms with Gasteiger partial charge in [-0.25, -0.2) is 4.39 Å². The molecule has 3 rings (SSSR count). The molecule has 1 amide bonds. The van der Waals surface area contributed by atoms with Crippen LogP contribution in [0.1, 0.15) is 19.3 Å². The average molecular weight is 447 g/mol. The summed E-state index contributed by atoms with van der Waals surface area (Å²) in [6.45, 7) is 2.20. The van der Waals surface area contributed by atoms with Crippen LogP contribution in [-0.2, 0) is 4.79 Å². The molecule has 1 aliphatic heterocycles. The number of aliphatic hydroxyl groups excluding tert-OH is 1. The van der Waals surface area contributed by atoms with E-state index in [1.807, 2.05) is 12.1 Å². The molecular formula is C24H31FN2O5. The highest BCUT2D eigenvalue weighted by Gasteiger charge is 2.31. The maximum Gasteiger partial charge on any atom is 0.222 e. The topological polar surface area (TPSA) is 80.3 Å². The quantitative estimate of drug-likeness (QED) is 0.461. The van der Waals surface area contributed by atoms with Crippen molar-refractivity contribution in [2.75, 3.05) is 40.0 Å². The van der Waals surface area contributed by atoms with E-state index in [2.05, 4.69) is 5.32 Å². The van der Waals surface area contributed by atoms with Crippen LogP contribution in [0.4, 0.5) is 4.39 Å². The zero-order chi connectivity index (χ0) is 22.8. The van der Waals surface area contributed by atoms with Crippen molar-refractivity contribution in [1.82, 2.24) is 10.2 Å². The highest BCUT2D eigenvalue weighted by molar-refractivity contribution is 5.78. The van der Waals surface area contributed by atoms with Gasteiger partial charge in [0, 0.05) is 25.1 Å². The van der Waals surface area contributed by atoms with Crippen molar-refractivity contribution in [2.45, 2.75) is 31.4 Å². The number of carbonyl (C=O) groups excluding carboxylic acids is 1. The fourth-order valence-electron chi connectivity index (χ4n) is 3.67. The lowest BCUT2D eigenvalue weighted by atomic mass is 10.1. The summed E-state index contributed by atoms with van der Waals surface area (Å²) in [5.41, 5.74) is 0. The molecule has 2 N–H and O–H groups in total. The maximum absolute atomic E-state index is 12.9. The number of hydrogen-bond acceptors (Lipinski definition) is 6. The third kappa shape index (κ3) is 7.39. The molecule has 0 unspecified atom stereocenters. The summed E-state index contributed by atoms with van der Waals surface area (Å²) in [4.78, 5) is 14.0. The number of amides is 1. The first-order valence-corrected chi connectivity index (χ1v) is 10.9. The lowest BCUT2D eigenvalue weighted by Gasteiger charge is -2.27. The van der Waals surface area contributed by atoms with Crippen molar-refractivity contribution in [3.8, 4) is 17.2 Å². The number of rotatable bonds is 13. The molecular weight excluding hydrogens is 415 g/mol. The molecule has 0 aromatic heterocycles. The van der Waals surface area contributed by atoms with Crippen LogP contribution in [-0.4, -0.2) is 68.0 Å². The van der Waals surface area contributed by atoms with Crippen LogP contribution < -0.4 is 19.5 Å². The second-order valence-electron chi connectivity index (χ2n) is 7.72. The number of aliphatic hydroxyl groups is 1. The van der Waals surface area contributed by atoms with E-state index in [1.54, 1.807) is 36.3 Å². The van der Waals surface area contributed by atoms with E-state index < -0.39 is 6.10 Å². The second kappa shape index (κ2) is 12.3. The van der Waals surface area contributed by atoms with Gasteiger partial charge in [-0.05, 0) is 55.8 Å². The molecule has 32 heavy (non-hydrogen) atoms. The number of benzene rings is 2. The van der Waals surface area contributed by atoms with Crippen molar-refractivity contribution in [2.24, 2.45) is 0 Å². The number of carbonyl (C=O) groups is 1. The Morgan fingerprint density at radius 2 is 1.91 bits per heavy atom. The summed E-state index contributed by atoms with van der Waals surface area (Å²) in [6, 6.07) is 13.2. The van der Waals surface area contributed by atoms with Gasteiger partial charge in [-0.1, -0.05) is 6.07 Å². The standard InChI is InChI=1S/C24H31FN2O5/c1-30-22-3-2-4-23(15-22)32-17-20(28)16-27-19(7-10-24(27)29)11-12-26-13-14-31-21-8-5-18(25)6-9-21/h2-6,8-9,15,19-20,26,28H,7,10-14,16-17H2,1H3/t19-,20+/m1/s1. The van der Waals surface area contributed by atoms with Crippen LogP contribution in [0.5, 0.6) is 17.2 Å². The Labute approximate surface area is 188 Å². The van der Waals surface area contributed by atoms with E-state index in [4.69, 9.17) is 14.2 Å². The molecule has 1 fully saturated rings. The Morgan fingerprint density at radius 3 is 2.69 bits per heavy atom. The predicted molar refractivity (Wildman–Crippen MR) is 119 cm³/mol. The lowest BCUT2D eigenvalue weighted by Crippen LogP contribution is -2.42. The molecule has 8 heteroatoms. The van der Waals surface area contributed by atoms with Gasteiger partial charge in [0.05, 0.1) is 13.7 Å². The summed E-state index contributed by atoms with van der Waals surface area (Å²) in [5, 5.41) is 13.7. The molecule has 0 aliphatic carbocycles. The van der Waals surface area contributed by atoms with E-state index in [9.17, 15) is 14.3 Å². The van der Waals surface area contributed by atoms with E-state index in [-0.39, 0.29) is 30.9 Å². The Kier molecular flexibility index (Phi) is 9.13. The molecule has 0 bridgehead atoms. The number of nitrogens with one attached hydrogen (secondary N) is 1. The van der Waals surface area contributed by atoms with Crippen LogP contribution in [0.25, 0.3) is 0 Å². The largest absolute Gasteiger partial charge is 0.497 e. The minimum Gasteiger partial charge on any atom is -0.497 e. The van der Waals surface area contributed by atoms with Crippen LogP contribution in [0.2, 0.25) is 0 Å². The summed E-state index contributed by atoms with van der Waals surface area (Å²) in [7, 11) is 1.58. The smallest absolute Gasteiger partial charge is 0.222 e. The Hall–Kier alpha value is -2.84. The molecule has 0 spiro atoms. The molecule has 2 aromatic carbocycles. The predicted octanol–water partition coefficient (Wildman–Crippen LogP) is 2.62. The molecule has 1 heterocycles. The van der Waals surface area contributed by atoms with Crippen molar-refractivity contribution in [3.63, 3.8) is 0 Å². The van der Waals surface area contributed by atoms with Crippen LogP contribution in [0, 0.1) is 5.82 Å². The van der Waals surface area contributed by atoms with Gasteiger partial charge in [-0.15, -0.1) is 0 Å². The number of methoxy groups -OCH3 is 1. The fourth-order valence-corrected chi connectivity index (χ4v) is 3.67. The van der Waals surface area contributed by atoms with E-state index >= 15 is 0 Å². The first-order chi connectivity index (χ1) is 15.5. The number of hydrogen-bond donors (Lipinski definition) is 2. The summed E-state index contributed by atoms with van der Waals surface area (Å²) in [5.74, 6) is 1.70. The van der Waals surface area contributed by atoms with Gasteiger partial charge in [-0.3, -0.25) is 4.79 Å². The monoisotopic (exact) mass is 446 g/mol. The summed E-state index contributed by atoms with van der Waals surface area (Å²) < 4.78 is 29.2. The van der Waals surface area contributed by atoms with E-state index in [0.717, 1.165) is 19.4 Å². The summed E-state index contributed by atoms with van der Waals surface area (Å²) in [6.07, 6.45) is 1.31. The Balaban J connectivity index is 1.34. The van der Waals surface area contributed by atoms with Gasteiger partial charge in [-0.2, -0.15) is 0 Å². The number of halogens is 1. The average Bonchev–Trinajstić information content (AvgIpc) is 3.15. The fraction of sp³-hybridized carbons (Fsp3) is 0.458. The molecule has 0 radical (unpaired) electrons. The lowest BCUT2D eigenvalue weighted by molar-refractivity contribution is -0.130. The SMILES string of the molecule is COc1cccc(OC[C@@H](O)CN2C(=O)CC[C@@H]2CCNCCOc2ccc(F)cc2)c1. The van der Waals surface area contributed by atoms with Crippen molar-refractivity contribution >= 4 is 5.91 Å². The Bertz CT molecular complexity index is 849. The Morgan fingerprint density at radius 1 is 1.12 bits per heavy atom. The number of likely N-dealkylation sites (tertiary alicyclic amines) is 1. The van der Waals surface area contributed by atoms with Crippen LogP contribution in [0.15, 0.2) is 48.5 Å². The van der Waals surface area contributed by atoms with Gasteiger partial charge in [0.15, 0.2) is 0 Å². The molecule has 1 aliphatic rings. The number of ether oxygens (including phenoxy) is 3. The summed E-state index contributed by atoms with van der Waals surface area (Å²) >= 11 is 0. The molecule has 2 atom stereocenters. The van der Waals surface area contributed by atoms with Crippen molar-refractivity contribution in [1.29, 1.82) is 0 Å². The minimum atomic E-state index is -0.775. The van der Waals surface area contributed by atoms with E-state index in [0.29, 0.717) is 36.8 Å². The number of nitrogens with zero attached hydrogens (tertiary/aromatic N) is 1. The molecule has 174 valence electrons. The highest BCUT2D eigenvalue weighted by atomic mass is 19.1. The van der Waals surface area contributed by atoms with Gasteiger partial charge in [0.2, 0.25) is 5.91 Å². The van der Waals surface area contributed by atoms with Gasteiger partial charge in [0.1, 0.15) is 42.4 Å². The maximum atomic E-state index is 12.9. The molecule has 7 nitrogen and oxygen atoms in total. The van der Waals surface area contributed by atoms with Crippen molar-refractivity contribution in [3.05, 3.63) is 54.3 Å².